The van der Waals surface area contributed by atoms with Crippen LogP contribution in [0.5, 0.6) is 0 Å². The summed E-state index contributed by atoms with van der Waals surface area (Å²) in [6, 6.07) is 7.80. The summed E-state index contributed by atoms with van der Waals surface area (Å²) in [6.07, 6.45) is 4.33. The highest BCUT2D eigenvalue weighted by molar-refractivity contribution is 7.86. The third-order valence-corrected chi connectivity index (χ3v) is 7.06. The predicted molar refractivity (Wildman–Crippen MR) is 102 cm³/mol. The van der Waals surface area contributed by atoms with E-state index < -0.39 is 10.2 Å². The standard InChI is InChI=1S/C17H23N5O2S.ClH/c1-20-10-8-19-17(20)16-12-18-7-11-22(16)25(23,24)21-9-6-14-4-2-3-5-15(14)13-21;/h2-5,8,10,16,18H,6-7,9,11-13H2,1H3;1H. The summed E-state index contributed by atoms with van der Waals surface area (Å²) in [5.41, 5.74) is 2.34. The third kappa shape index (κ3) is 3.39. The van der Waals surface area contributed by atoms with E-state index in [4.69, 9.17) is 0 Å². The van der Waals surface area contributed by atoms with Crippen LogP contribution in [0.25, 0.3) is 0 Å². The van der Waals surface area contributed by atoms with Gasteiger partial charge in [-0.05, 0) is 17.5 Å². The van der Waals surface area contributed by atoms with Crippen LogP contribution in [0.2, 0.25) is 0 Å². The Morgan fingerprint density at radius 3 is 2.69 bits per heavy atom. The molecule has 0 saturated carbocycles. The van der Waals surface area contributed by atoms with Crippen LogP contribution in [0.15, 0.2) is 36.7 Å². The number of benzene rings is 1. The second-order valence-electron chi connectivity index (χ2n) is 6.59. The molecule has 1 aromatic carbocycles. The number of imidazole rings is 1. The van der Waals surface area contributed by atoms with Crippen LogP contribution in [-0.4, -0.2) is 52.8 Å². The van der Waals surface area contributed by atoms with Gasteiger partial charge >= 0.3 is 0 Å². The molecule has 2 aliphatic rings. The number of nitrogens with one attached hydrogen (secondary N) is 1. The van der Waals surface area contributed by atoms with Crippen molar-refractivity contribution >= 4 is 22.6 Å². The number of rotatable bonds is 3. The molecule has 26 heavy (non-hydrogen) atoms. The molecule has 9 heteroatoms. The van der Waals surface area contributed by atoms with E-state index in [0.29, 0.717) is 32.7 Å². The molecule has 1 unspecified atom stereocenters. The van der Waals surface area contributed by atoms with Crippen molar-refractivity contribution in [2.24, 2.45) is 7.05 Å². The molecule has 0 amide bonds. The van der Waals surface area contributed by atoms with Gasteiger partial charge in [-0.2, -0.15) is 17.0 Å². The van der Waals surface area contributed by atoms with E-state index in [9.17, 15) is 8.42 Å². The van der Waals surface area contributed by atoms with Crippen molar-refractivity contribution in [3.63, 3.8) is 0 Å². The van der Waals surface area contributed by atoms with E-state index in [1.807, 2.05) is 36.0 Å². The van der Waals surface area contributed by atoms with Crippen LogP contribution in [-0.2, 0) is 30.2 Å². The molecule has 0 spiro atoms. The summed E-state index contributed by atoms with van der Waals surface area (Å²) in [5.74, 6) is 0.771. The normalized spacial score (nSPS) is 21.8. The van der Waals surface area contributed by atoms with Gasteiger partial charge < -0.3 is 9.88 Å². The second kappa shape index (κ2) is 7.66. The lowest BCUT2D eigenvalue weighted by Crippen LogP contribution is -2.54. The van der Waals surface area contributed by atoms with E-state index in [2.05, 4.69) is 16.4 Å². The van der Waals surface area contributed by atoms with Crippen LogP contribution < -0.4 is 5.32 Å². The zero-order chi connectivity index (χ0) is 17.4. The Morgan fingerprint density at radius 1 is 1.19 bits per heavy atom. The Kier molecular flexibility index (Phi) is 5.69. The minimum Gasteiger partial charge on any atom is -0.337 e. The van der Waals surface area contributed by atoms with Crippen molar-refractivity contribution in [1.29, 1.82) is 0 Å². The van der Waals surface area contributed by atoms with Gasteiger partial charge in [0.15, 0.2) is 0 Å². The topological polar surface area (TPSA) is 70.5 Å². The molecule has 142 valence electrons. The zero-order valence-corrected chi connectivity index (χ0v) is 16.3. The van der Waals surface area contributed by atoms with E-state index in [1.54, 1.807) is 14.8 Å². The SMILES string of the molecule is Cl.Cn1ccnc1C1CNCCN1S(=O)(=O)N1CCc2ccccc2C1. The molecule has 1 saturated heterocycles. The Bertz CT molecular complexity index is 870. The van der Waals surface area contributed by atoms with Gasteiger partial charge in [0.2, 0.25) is 0 Å². The number of aromatic nitrogens is 2. The number of hydrogen-bond acceptors (Lipinski definition) is 4. The van der Waals surface area contributed by atoms with Crippen LogP contribution in [0.4, 0.5) is 0 Å². The lowest BCUT2D eigenvalue weighted by molar-refractivity contribution is 0.232. The maximum absolute atomic E-state index is 13.4. The Hall–Kier alpha value is -1.45. The summed E-state index contributed by atoms with van der Waals surface area (Å²) >= 11 is 0. The highest BCUT2D eigenvalue weighted by atomic mass is 35.5. The van der Waals surface area contributed by atoms with Crippen molar-refractivity contribution in [1.82, 2.24) is 23.5 Å². The molecule has 0 bridgehead atoms. The number of hydrogen-bond donors (Lipinski definition) is 1. The van der Waals surface area contributed by atoms with Gasteiger partial charge in [-0.15, -0.1) is 12.4 Å². The lowest BCUT2D eigenvalue weighted by atomic mass is 10.0. The molecule has 1 aromatic heterocycles. The molecule has 2 aliphatic heterocycles. The van der Waals surface area contributed by atoms with Crippen LogP contribution in [0, 0.1) is 0 Å². The van der Waals surface area contributed by atoms with E-state index in [1.165, 1.54) is 5.56 Å². The second-order valence-corrected chi connectivity index (χ2v) is 8.47. The number of nitrogens with zero attached hydrogens (tertiary/aromatic N) is 4. The fourth-order valence-electron chi connectivity index (χ4n) is 3.70. The summed E-state index contributed by atoms with van der Waals surface area (Å²) in [7, 11) is -1.64. The quantitative estimate of drug-likeness (QED) is 0.841. The predicted octanol–water partition coefficient (Wildman–Crippen LogP) is 1.09. The number of fused-ring (bicyclic) bond motifs is 1. The first kappa shape index (κ1) is 19.3. The first-order valence-electron chi connectivity index (χ1n) is 8.59. The van der Waals surface area contributed by atoms with Gasteiger partial charge in [-0.25, -0.2) is 4.98 Å². The summed E-state index contributed by atoms with van der Waals surface area (Å²) < 4.78 is 31.8. The Morgan fingerprint density at radius 2 is 1.96 bits per heavy atom. The van der Waals surface area contributed by atoms with Gasteiger partial charge in [0.25, 0.3) is 10.2 Å². The number of halogens is 1. The van der Waals surface area contributed by atoms with Gasteiger partial charge in [0, 0.05) is 52.2 Å². The average Bonchev–Trinajstić information content (AvgIpc) is 3.07. The fraction of sp³-hybridized carbons (Fsp3) is 0.471. The maximum atomic E-state index is 13.4. The van der Waals surface area contributed by atoms with Gasteiger partial charge in [0.05, 0.1) is 6.04 Å². The molecule has 1 atom stereocenters. The summed E-state index contributed by atoms with van der Waals surface area (Å²) in [6.45, 7) is 2.66. The Labute approximate surface area is 160 Å². The number of piperazine rings is 1. The molecular formula is C17H24ClN5O2S. The van der Waals surface area contributed by atoms with Crippen molar-refractivity contribution in [3.8, 4) is 0 Å². The average molecular weight is 398 g/mol. The van der Waals surface area contributed by atoms with Crippen molar-refractivity contribution in [3.05, 3.63) is 53.6 Å². The van der Waals surface area contributed by atoms with Crippen molar-refractivity contribution < 1.29 is 8.42 Å². The van der Waals surface area contributed by atoms with Crippen LogP contribution in [0.1, 0.15) is 23.0 Å². The van der Waals surface area contributed by atoms with Gasteiger partial charge in [-0.3, -0.25) is 0 Å². The molecular weight excluding hydrogens is 374 g/mol. The van der Waals surface area contributed by atoms with E-state index in [0.717, 1.165) is 17.8 Å². The maximum Gasteiger partial charge on any atom is 0.283 e. The smallest absolute Gasteiger partial charge is 0.283 e. The first-order chi connectivity index (χ1) is 12.1. The molecule has 3 heterocycles. The monoisotopic (exact) mass is 397 g/mol. The molecule has 1 fully saturated rings. The van der Waals surface area contributed by atoms with E-state index >= 15 is 0 Å². The fourth-order valence-corrected chi connectivity index (χ4v) is 5.43. The minimum atomic E-state index is -3.55. The summed E-state index contributed by atoms with van der Waals surface area (Å²) in [5, 5.41) is 3.29. The third-order valence-electron chi connectivity index (χ3n) is 5.07. The lowest BCUT2D eigenvalue weighted by Gasteiger charge is -2.39. The highest BCUT2D eigenvalue weighted by Gasteiger charge is 2.39. The van der Waals surface area contributed by atoms with Gasteiger partial charge in [-0.1, -0.05) is 24.3 Å². The molecule has 1 N–H and O–H groups in total. The van der Waals surface area contributed by atoms with Crippen LogP contribution >= 0.6 is 12.4 Å². The Balaban J connectivity index is 0.00000196. The van der Waals surface area contributed by atoms with E-state index in [-0.39, 0.29) is 18.4 Å². The molecule has 0 radical (unpaired) electrons. The molecule has 2 aromatic rings. The minimum absolute atomic E-state index is 0. The first-order valence-corrected chi connectivity index (χ1v) is 9.98. The highest BCUT2D eigenvalue weighted by Crippen LogP contribution is 2.29. The van der Waals surface area contributed by atoms with Crippen molar-refractivity contribution in [2.45, 2.75) is 19.0 Å². The number of aryl methyl sites for hydroxylation is 1. The molecule has 4 rings (SSSR count). The van der Waals surface area contributed by atoms with Crippen molar-refractivity contribution in [2.75, 3.05) is 26.2 Å². The molecule has 7 nitrogen and oxygen atoms in total. The largest absolute Gasteiger partial charge is 0.337 e. The summed E-state index contributed by atoms with van der Waals surface area (Å²) in [4.78, 5) is 4.38. The molecule has 0 aliphatic carbocycles. The van der Waals surface area contributed by atoms with Crippen LogP contribution in [0.3, 0.4) is 0 Å². The zero-order valence-electron chi connectivity index (χ0n) is 14.7. The van der Waals surface area contributed by atoms with Gasteiger partial charge in [0.1, 0.15) is 5.82 Å².